The molecular formula is C29H37NO4. The minimum Gasteiger partial charge on any atom is -0.411 e. The molecule has 4 aliphatic carbocycles. The van der Waals surface area contributed by atoms with Crippen LogP contribution in [0.15, 0.2) is 52.2 Å². The van der Waals surface area contributed by atoms with Gasteiger partial charge in [0.1, 0.15) is 0 Å². The summed E-state index contributed by atoms with van der Waals surface area (Å²) in [6.07, 6.45) is 8.73. The number of carbonyl (C=O) groups excluding carboxylic acids is 1. The topological polar surface area (TPSA) is 68.1 Å². The third-order valence-electron chi connectivity index (χ3n) is 9.67. The summed E-state index contributed by atoms with van der Waals surface area (Å²) >= 11 is 0. The number of carbonyl (C=O) groups is 1. The molecule has 0 amide bonds. The molecule has 5 heteroatoms. The number of ether oxygens (including phenoxy) is 2. The van der Waals surface area contributed by atoms with Gasteiger partial charge in [-0.25, -0.2) is 0 Å². The standard InChI is InChI=1S/C29H37NO4/c1-18(30-32)19-5-7-20(8-6-19)25-16-28(2)26(13-14-29(28,34-4)17-33-3)24-11-9-21-15-22(31)10-12-23(21)27(24)25/h5-8,15,24-26,32H,9-14,16-17H2,1-4H3/b30-18-/t24-,25+,26-,28-,29+/m0/s1. The fraction of sp³-hybridized carbons (Fsp3) is 0.586. The van der Waals surface area contributed by atoms with Gasteiger partial charge in [0.2, 0.25) is 0 Å². The molecule has 1 aromatic carbocycles. The van der Waals surface area contributed by atoms with Crippen LogP contribution in [-0.2, 0) is 14.3 Å². The number of hydrogen-bond acceptors (Lipinski definition) is 5. The van der Waals surface area contributed by atoms with Crippen LogP contribution < -0.4 is 0 Å². The minimum atomic E-state index is -0.278. The maximum absolute atomic E-state index is 12.2. The van der Waals surface area contributed by atoms with Gasteiger partial charge in [-0.15, -0.1) is 0 Å². The average Bonchev–Trinajstić information content (AvgIpc) is 3.15. The quantitative estimate of drug-likeness (QED) is 0.340. The predicted octanol–water partition coefficient (Wildman–Crippen LogP) is 5.82. The van der Waals surface area contributed by atoms with Crippen molar-refractivity contribution in [1.82, 2.24) is 0 Å². The predicted molar refractivity (Wildman–Crippen MR) is 132 cm³/mol. The lowest BCUT2D eigenvalue weighted by Crippen LogP contribution is -2.54. The molecule has 2 fully saturated rings. The molecule has 0 aliphatic heterocycles. The number of benzene rings is 1. The van der Waals surface area contributed by atoms with E-state index in [0.29, 0.717) is 30.6 Å². The van der Waals surface area contributed by atoms with E-state index in [-0.39, 0.29) is 22.7 Å². The van der Waals surface area contributed by atoms with E-state index in [1.807, 2.05) is 20.1 Å². The first-order valence-electron chi connectivity index (χ1n) is 12.7. The van der Waals surface area contributed by atoms with Crippen molar-refractivity contribution >= 4 is 11.5 Å². The van der Waals surface area contributed by atoms with E-state index in [2.05, 4.69) is 36.3 Å². The Morgan fingerprint density at radius 1 is 1.15 bits per heavy atom. The zero-order chi connectivity index (χ0) is 24.1. The van der Waals surface area contributed by atoms with Gasteiger partial charge in [-0.3, -0.25) is 4.79 Å². The molecule has 0 spiro atoms. The van der Waals surface area contributed by atoms with Crippen molar-refractivity contribution in [1.29, 1.82) is 0 Å². The summed E-state index contributed by atoms with van der Waals surface area (Å²) in [7, 11) is 3.64. The molecular weight excluding hydrogens is 426 g/mol. The van der Waals surface area contributed by atoms with Gasteiger partial charge in [-0.05, 0) is 85.6 Å². The maximum Gasteiger partial charge on any atom is 0.156 e. The fourth-order valence-corrected chi connectivity index (χ4v) is 7.92. The van der Waals surface area contributed by atoms with Gasteiger partial charge in [-0.1, -0.05) is 41.9 Å². The zero-order valence-corrected chi connectivity index (χ0v) is 20.9. The van der Waals surface area contributed by atoms with Crippen LogP contribution in [0, 0.1) is 17.3 Å². The second-order valence-corrected chi connectivity index (χ2v) is 11.0. The highest BCUT2D eigenvalue weighted by Crippen LogP contribution is 2.67. The molecule has 0 radical (unpaired) electrons. The normalized spacial score (nSPS) is 35.5. The molecule has 0 bridgehead atoms. The summed E-state index contributed by atoms with van der Waals surface area (Å²) in [5, 5.41) is 12.6. The zero-order valence-electron chi connectivity index (χ0n) is 20.9. The first kappa shape index (κ1) is 23.5. The van der Waals surface area contributed by atoms with E-state index in [0.717, 1.165) is 44.1 Å². The van der Waals surface area contributed by atoms with Gasteiger partial charge in [0.05, 0.1) is 17.9 Å². The summed E-state index contributed by atoms with van der Waals surface area (Å²) in [6.45, 7) is 4.87. The second kappa shape index (κ2) is 8.76. The van der Waals surface area contributed by atoms with Crippen molar-refractivity contribution in [2.45, 2.75) is 70.3 Å². The third-order valence-corrected chi connectivity index (χ3v) is 9.67. The Bertz CT molecular complexity index is 1070. The van der Waals surface area contributed by atoms with Crippen molar-refractivity contribution in [2.24, 2.45) is 22.4 Å². The highest BCUT2D eigenvalue weighted by molar-refractivity contribution is 5.98. The van der Waals surface area contributed by atoms with Crippen molar-refractivity contribution in [3.05, 3.63) is 58.2 Å². The first-order valence-corrected chi connectivity index (χ1v) is 12.7. The van der Waals surface area contributed by atoms with Crippen molar-refractivity contribution in [3.63, 3.8) is 0 Å². The van der Waals surface area contributed by atoms with Gasteiger partial charge in [0, 0.05) is 32.0 Å². The van der Waals surface area contributed by atoms with Crippen LogP contribution >= 0.6 is 0 Å². The number of oxime groups is 1. The Labute approximate surface area is 202 Å². The molecule has 1 aromatic rings. The Balaban J connectivity index is 1.65. The van der Waals surface area contributed by atoms with Crippen molar-refractivity contribution in [3.8, 4) is 0 Å². The Morgan fingerprint density at radius 3 is 2.59 bits per heavy atom. The van der Waals surface area contributed by atoms with E-state index in [9.17, 15) is 10.0 Å². The molecule has 2 saturated carbocycles. The van der Waals surface area contributed by atoms with Crippen LogP contribution in [0.25, 0.3) is 0 Å². The smallest absolute Gasteiger partial charge is 0.156 e. The molecule has 0 unspecified atom stereocenters. The van der Waals surface area contributed by atoms with Crippen molar-refractivity contribution in [2.75, 3.05) is 20.8 Å². The molecule has 5 nitrogen and oxygen atoms in total. The Kier molecular flexibility index (Phi) is 6.06. The summed E-state index contributed by atoms with van der Waals surface area (Å²) in [5.41, 5.74) is 6.89. The van der Waals surface area contributed by atoms with Crippen LogP contribution in [0.3, 0.4) is 0 Å². The van der Waals surface area contributed by atoms with Crippen LogP contribution in [0.4, 0.5) is 0 Å². The molecule has 5 atom stereocenters. The van der Waals surface area contributed by atoms with E-state index in [1.54, 1.807) is 12.7 Å². The Hall–Kier alpha value is -2.24. The number of nitrogens with zero attached hydrogens (tertiary/aromatic N) is 1. The van der Waals surface area contributed by atoms with Gasteiger partial charge in [0.25, 0.3) is 0 Å². The number of hydrogen-bond donors (Lipinski definition) is 1. The molecule has 5 rings (SSSR count). The van der Waals surface area contributed by atoms with Gasteiger partial charge in [0.15, 0.2) is 5.78 Å². The molecule has 4 aliphatic rings. The van der Waals surface area contributed by atoms with E-state index in [1.165, 1.54) is 16.7 Å². The van der Waals surface area contributed by atoms with Gasteiger partial charge >= 0.3 is 0 Å². The van der Waals surface area contributed by atoms with Crippen LogP contribution in [-0.4, -0.2) is 43.1 Å². The highest BCUT2D eigenvalue weighted by atomic mass is 16.5. The van der Waals surface area contributed by atoms with E-state index < -0.39 is 0 Å². The summed E-state index contributed by atoms with van der Waals surface area (Å²) in [5.74, 6) is 1.63. The number of fused-ring (bicyclic) bond motifs is 4. The SMILES string of the molecule is COC[C@]1(OC)CC[C@H]2[C@@H]3CCC4=CC(=O)CCC4=C3[C@@H](c3ccc(/C(C)=N\O)cc3)C[C@@]21C. The summed E-state index contributed by atoms with van der Waals surface area (Å²) in [4.78, 5) is 12.2. The van der Waals surface area contributed by atoms with Crippen LogP contribution in [0.5, 0.6) is 0 Å². The third kappa shape index (κ3) is 3.43. The maximum atomic E-state index is 12.2. The number of ketones is 1. The molecule has 0 heterocycles. The lowest BCUT2D eigenvalue weighted by molar-refractivity contribution is -0.149. The lowest BCUT2D eigenvalue weighted by atomic mass is 9.51. The fourth-order valence-electron chi connectivity index (χ4n) is 7.92. The van der Waals surface area contributed by atoms with Gasteiger partial charge < -0.3 is 14.7 Å². The first-order chi connectivity index (χ1) is 16.4. The van der Waals surface area contributed by atoms with Crippen LogP contribution in [0.1, 0.15) is 75.8 Å². The highest BCUT2D eigenvalue weighted by Gasteiger charge is 2.63. The number of methoxy groups -OCH3 is 2. The van der Waals surface area contributed by atoms with Crippen molar-refractivity contribution < 1.29 is 19.5 Å². The second-order valence-electron chi connectivity index (χ2n) is 11.0. The number of allylic oxidation sites excluding steroid dienone is 4. The molecule has 34 heavy (non-hydrogen) atoms. The van der Waals surface area contributed by atoms with Gasteiger partial charge in [-0.2, -0.15) is 0 Å². The minimum absolute atomic E-state index is 0.00397. The van der Waals surface area contributed by atoms with E-state index in [4.69, 9.17) is 9.47 Å². The van der Waals surface area contributed by atoms with Crippen LogP contribution in [0.2, 0.25) is 0 Å². The van der Waals surface area contributed by atoms with E-state index >= 15 is 0 Å². The average molecular weight is 464 g/mol. The monoisotopic (exact) mass is 463 g/mol. The molecule has 182 valence electrons. The summed E-state index contributed by atoms with van der Waals surface area (Å²) < 4.78 is 12.1. The summed E-state index contributed by atoms with van der Waals surface area (Å²) in [6, 6.07) is 8.54. The largest absolute Gasteiger partial charge is 0.411 e. The number of rotatable bonds is 5. The Morgan fingerprint density at radius 2 is 1.91 bits per heavy atom. The lowest BCUT2D eigenvalue weighted by Gasteiger charge is -2.55. The molecule has 0 saturated heterocycles. The molecule has 0 aromatic heterocycles. The molecule has 1 N–H and O–H groups in total.